The van der Waals surface area contributed by atoms with Gasteiger partial charge in [0.25, 0.3) is 5.91 Å². The highest BCUT2D eigenvalue weighted by molar-refractivity contribution is 6.03. The molecule has 21 heavy (non-hydrogen) atoms. The molecule has 4 N–H and O–H groups in total. The Hall–Kier alpha value is -2.41. The van der Waals surface area contributed by atoms with Crippen molar-refractivity contribution in [3.63, 3.8) is 0 Å². The standard InChI is InChI=1S/C14H15N3O4/c15-13(20)11-5-9(18)6-17(11)14(21)8-2-1-7-4-12(19)16-10(7)3-8/h1-3,9,11,18H,4-6H2,(H2,15,20)(H,16,19). The van der Waals surface area contributed by atoms with Gasteiger partial charge in [0.15, 0.2) is 0 Å². The van der Waals surface area contributed by atoms with Crippen molar-refractivity contribution < 1.29 is 19.5 Å². The Morgan fingerprint density at radius 1 is 1.38 bits per heavy atom. The monoisotopic (exact) mass is 289 g/mol. The molecule has 0 bridgehead atoms. The van der Waals surface area contributed by atoms with Gasteiger partial charge in [-0.1, -0.05) is 6.07 Å². The largest absolute Gasteiger partial charge is 0.391 e. The van der Waals surface area contributed by atoms with Gasteiger partial charge < -0.3 is 21.1 Å². The van der Waals surface area contributed by atoms with Gasteiger partial charge in [-0.05, 0) is 17.7 Å². The molecule has 2 unspecified atom stereocenters. The molecule has 2 aliphatic rings. The van der Waals surface area contributed by atoms with Crippen LogP contribution in [0.25, 0.3) is 0 Å². The Labute approximate surface area is 120 Å². The summed E-state index contributed by atoms with van der Waals surface area (Å²) < 4.78 is 0. The second-order valence-electron chi connectivity index (χ2n) is 5.36. The third-order valence-electron chi connectivity index (χ3n) is 3.85. The molecule has 3 amide bonds. The van der Waals surface area contributed by atoms with E-state index in [1.54, 1.807) is 18.2 Å². The Kier molecular flexibility index (Phi) is 3.13. The van der Waals surface area contributed by atoms with Crippen LogP contribution in [0.1, 0.15) is 22.3 Å². The van der Waals surface area contributed by atoms with Crippen LogP contribution in [0.4, 0.5) is 5.69 Å². The van der Waals surface area contributed by atoms with Gasteiger partial charge >= 0.3 is 0 Å². The topological polar surface area (TPSA) is 113 Å². The number of nitrogens with one attached hydrogen (secondary N) is 1. The zero-order valence-corrected chi connectivity index (χ0v) is 11.2. The minimum Gasteiger partial charge on any atom is -0.391 e. The maximum absolute atomic E-state index is 12.5. The van der Waals surface area contributed by atoms with Crippen molar-refractivity contribution in [2.24, 2.45) is 5.73 Å². The summed E-state index contributed by atoms with van der Waals surface area (Å²) in [5, 5.41) is 12.3. The summed E-state index contributed by atoms with van der Waals surface area (Å²) in [6, 6.07) is 4.12. The van der Waals surface area contributed by atoms with Crippen molar-refractivity contribution in [3.05, 3.63) is 29.3 Å². The van der Waals surface area contributed by atoms with Crippen LogP contribution in [0, 0.1) is 0 Å². The number of primary amides is 1. The minimum absolute atomic E-state index is 0.0792. The van der Waals surface area contributed by atoms with Crippen LogP contribution in [-0.4, -0.2) is 46.4 Å². The van der Waals surface area contributed by atoms with Crippen LogP contribution in [0.2, 0.25) is 0 Å². The van der Waals surface area contributed by atoms with Crippen molar-refractivity contribution in [3.8, 4) is 0 Å². The lowest BCUT2D eigenvalue weighted by atomic mass is 10.1. The van der Waals surface area contributed by atoms with Crippen LogP contribution >= 0.6 is 0 Å². The molecular weight excluding hydrogens is 274 g/mol. The molecule has 0 aromatic heterocycles. The quantitative estimate of drug-likeness (QED) is 0.664. The highest BCUT2D eigenvalue weighted by Gasteiger charge is 2.38. The second-order valence-corrected chi connectivity index (χ2v) is 5.36. The molecule has 110 valence electrons. The average Bonchev–Trinajstić information content (AvgIpc) is 2.98. The van der Waals surface area contributed by atoms with Crippen molar-refractivity contribution in [2.75, 3.05) is 11.9 Å². The molecule has 7 heteroatoms. The normalized spacial score (nSPS) is 23.9. The summed E-state index contributed by atoms with van der Waals surface area (Å²) in [6.45, 7) is 0.0792. The number of fused-ring (bicyclic) bond motifs is 1. The number of nitrogens with two attached hydrogens (primary N) is 1. The van der Waals surface area contributed by atoms with E-state index in [0.29, 0.717) is 17.7 Å². The smallest absolute Gasteiger partial charge is 0.254 e. The number of aliphatic hydroxyl groups is 1. The molecule has 1 aromatic rings. The van der Waals surface area contributed by atoms with Gasteiger partial charge in [-0.25, -0.2) is 0 Å². The fraction of sp³-hybridized carbons (Fsp3) is 0.357. The Morgan fingerprint density at radius 2 is 2.14 bits per heavy atom. The fourth-order valence-corrected chi connectivity index (χ4v) is 2.82. The first-order chi connectivity index (χ1) is 9.95. The molecule has 0 radical (unpaired) electrons. The van der Waals surface area contributed by atoms with Gasteiger partial charge in [-0.3, -0.25) is 14.4 Å². The predicted octanol–water partition coefficient (Wildman–Crippen LogP) is -0.758. The van der Waals surface area contributed by atoms with Crippen LogP contribution in [0.15, 0.2) is 18.2 Å². The van der Waals surface area contributed by atoms with Gasteiger partial charge in [0.2, 0.25) is 11.8 Å². The number of nitrogens with zero attached hydrogens (tertiary/aromatic N) is 1. The Bertz CT molecular complexity index is 643. The van der Waals surface area contributed by atoms with Crippen molar-refractivity contribution in [2.45, 2.75) is 25.0 Å². The molecule has 1 fully saturated rings. The highest BCUT2D eigenvalue weighted by atomic mass is 16.3. The van der Waals surface area contributed by atoms with Crippen LogP contribution in [0.3, 0.4) is 0 Å². The van der Waals surface area contributed by atoms with Gasteiger partial charge in [0.1, 0.15) is 6.04 Å². The highest BCUT2D eigenvalue weighted by Crippen LogP contribution is 2.26. The van der Waals surface area contributed by atoms with E-state index < -0.39 is 18.1 Å². The lowest BCUT2D eigenvalue weighted by Gasteiger charge is -2.22. The minimum atomic E-state index is -0.796. The van der Waals surface area contributed by atoms with E-state index in [2.05, 4.69) is 5.32 Å². The molecule has 3 rings (SSSR count). The first kappa shape index (κ1) is 13.6. The first-order valence-corrected chi connectivity index (χ1v) is 6.67. The number of carbonyl (C=O) groups excluding carboxylic acids is 3. The molecule has 2 atom stereocenters. The van der Waals surface area contributed by atoms with Gasteiger partial charge in [0.05, 0.1) is 12.5 Å². The summed E-state index contributed by atoms with van der Waals surface area (Å²) in [5.74, 6) is -1.12. The lowest BCUT2D eigenvalue weighted by molar-refractivity contribution is -0.121. The fourth-order valence-electron chi connectivity index (χ4n) is 2.82. The summed E-state index contributed by atoms with van der Waals surface area (Å²) in [4.78, 5) is 36.5. The number of likely N-dealkylation sites (tertiary alicyclic amines) is 1. The molecular formula is C14H15N3O4. The second kappa shape index (κ2) is 4.85. The first-order valence-electron chi connectivity index (χ1n) is 6.67. The van der Waals surface area contributed by atoms with Crippen LogP contribution in [-0.2, 0) is 16.0 Å². The molecule has 7 nitrogen and oxygen atoms in total. The summed E-state index contributed by atoms with van der Waals surface area (Å²) in [5.41, 5.74) is 7.08. The third-order valence-corrected chi connectivity index (χ3v) is 3.85. The molecule has 0 spiro atoms. The molecule has 2 heterocycles. The summed E-state index contributed by atoms with van der Waals surface area (Å²) in [7, 11) is 0. The van der Waals surface area contributed by atoms with Crippen molar-refractivity contribution in [1.82, 2.24) is 4.90 Å². The molecule has 1 saturated heterocycles. The van der Waals surface area contributed by atoms with Crippen LogP contribution in [0.5, 0.6) is 0 Å². The van der Waals surface area contributed by atoms with Gasteiger partial charge in [-0.15, -0.1) is 0 Å². The van der Waals surface area contributed by atoms with E-state index in [-0.39, 0.29) is 24.8 Å². The summed E-state index contributed by atoms with van der Waals surface area (Å²) >= 11 is 0. The predicted molar refractivity (Wildman–Crippen MR) is 73.4 cm³/mol. The van der Waals surface area contributed by atoms with Crippen molar-refractivity contribution >= 4 is 23.4 Å². The number of rotatable bonds is 2. The number of hydrogen-bond acceptors (Lipinski definition) is 4. The maximum Gasteiger partial charge on any atom is 0.254 e. The number of anilines is 1. The number of aliphatic hydroxyl groups excluding tert-OH is 1. The zero-order valence-electron chi connectivity index (χ0n) is 11.2. The Balaban J connectivity index is 1.87. The van der Waals surface area contributed by atoms with E-state index in [4.69, 9.17) is 5.73 Å². The number of β-amino-alcohol motifs (C(OH)–C–C–N with tert-alkyl or cyclic N) is 1. The SMILES string of the molecule is NC(=O)C1CC(O)CN1C(=O)c1ccc2c(c1)NC(=O)C2. The molecule has 1 aromatic carbocycles. The molecule has 0 saturated carbocycles. The third kappa shape index (κ3) is 2.36. The van der Waals surface area contributed by atoms with E-state index in [1.165, 1.54) is 4.90 Å². The van der Waals surface area contributed by atoms with Gasteiger partial charge in [-0.2, -0.15) is 0 Å². The molecule has 0 aliphatic carbocycles. The van der Waals surface area contributed by atoms with Crippen molar-refractivity contribution in [1.29, 1.82) is 0 Å². The zero-order chi connectivity index (χ0) is 15.1. The van der Waals surface area contributed by atoms with E-state index >= 15 is 0 Å². The number of amides is 3. The van der Waals surface area contributed by atoms with E-state index in [0.717, 1.165) is 5.56 Å². The Morgan fingerprint density at radius 3 is 2.86 bits per heavy atom. The van der Waals surface area contributed by atoms with Crippen LogP contribution < -0.4 is 11.1 Å². The molecule has 2 aliphatic heterocycles. The number of carbonyl (C=O) groups is 3. The van der Waals surface area contributed by atoms with E-state index in [1.807, 2.05) is 0 Å². The van der Waals surface area contributed by atoms with Gasteiger partial charge in [0, 0.05) is 24.2 Å². The number of benzene rings is 1. The average molecular weight is 289 g/mol. The number of hydrogen-bond donors (Lipinski definition) is 3. The summed E-state index contributed by atoms with van der Waals surface area (Å²) in [6.07, 6.45) is -0.292. The lowest BCUT2D eigenvalue weighted by Crippen LogP contribution is -2.43. The maximum atomic E-state index is 12.5. The van der Waals surface area contributed by atoms with E-state index in [9.17, 15) is 19.5 Å².